The molecule has 7 heteroatoms. The minimum atomic E-state index is -0.351. The summed E-state index contributed by atoms with van der Waals surface area (Å²) in [4.78, 5) is 17.1. The van der Waals surface area contributed by atoms with Crippen LogP contribution in [-0.4, -0.2) is 29.1 Å². The third-order valence-corrected chi connectivity index (χ3v) is 4.28. The second-order valence-electron chi connectivity index (χ2n) is 5.54. The van der Waals surface area contributed by atoms with E-state index in [0.29, 0.717) is 22.6 Å². The van der Waals surface area contributed by atoms with Crippen molar-refractivity contribution < 1.29 is 9.66 Å². The van der Waals surface area contributed by atoms with Gasteiger partial charge in [0.05, 0.1) is 11.5 Å². The highest BCUT2D eigenvalue weighted by atomic mass is 79.9. The van der Waals surface area contributed by atoms with Crippen LogP contribution in [0.15, 0.2) is 41.0 Å². The number of nitro benzene ring substituents is 1. The van der Waals surface area contributed by atoms with Crippen LogP contribution in [0.25, 0.3) is 0 Å². The molecule has 1 aromatic heterocycles. The molecule has 1 fully saturated rings. The molecule has 6 nitrogen and oxygen atoms in total. The monoisotopic (exact) mass is 377 g/mol. The van der Waals surface area contributed by atoms with Crippen LogP contribution in [0.4, 0.5) is 11.4 Å². The Balaban J connectivity index is 1.72. The highest BCUT2D eigenvalue weighted by Gasteiger charge is 2.29. The van der Waals surface area contributed by atoms with Crippen LogP contribution in [0, 0.1) is 17.0 Å². The summed E-state index contributed by atoms with van der Waals surface area (Å²) in [5, 5.41) is 11.3. The van der Waals surface area contributed by atoms with E-state index in [9.17, 15) is 10.1 Å². The van der Waals surface area contributed by atoms with Crippen molar-refractivity contribution >= 4 is 27.3 Å². The van der Waals surface area contributed by atoms with Crippen LogP contribution in [0.3, 0.4) is 0 Å². The van der Waals surface area contributed by atoms with Crippen molar-refractivity contribution in [3.63, 3.8) is 0 Å². The van der Waals surface area contributed by atoms with Crippen molar-refractivity contribution in [2.45, 2.75) is 19.4 Å². The maximum absolute atomic E-state index is 11.3. The SMILES string of the molecule is Cc1ccc(O[C@H]2CCN(c3ccc(Br)cc3[N+](=O)[O-])C2)nc1. The standard InChI is InChI=1S/C16H16BrN3O3/c1-11-2-5-16(18-9-11)23-13-6-7-19(10-13)14-4-3-12(17)8-15(14)20(21)22/h2-5,8-9,13H,6-7,10H2,1H3/t13-/m0/s1. The van der Waals surface area contributed by atoms with Gasteiger partial charge < -0.3 is 9.64 Å². The predicted octanol–water partition coefficient (Wildman–Crippen LogP) is 3.72. The van der Waals surface area contributed by atoms with Crippen molar-refractivity contribution in [3.8, 4) is 5.88 Å². The lowest BCUT2D eigenvalue weighted by atomic mass is 10.2. The lowest BCUT2D eigenvalue weighted by molar-refractivity contribution is -0.384. The molecule has 3 rings (SSSR count). The Morgan fingerprint density at radius 3 is 2.91 bits per heavy atom. The number of nitro groups is 1. The summed E-state index contributed by atoms with van der Waals surface area (Å²) in [5.74, 6) is 0.591. The van der Waals surface area contributed by atoms with E-state index < -0.39 is 0 Å². The fourth-order valence-corrected chi connectivity index (χ4v) is 3.00. The minimum absolute atomic E-state index is 0.0199. The topological polar surface area (TPSA) is 68.5 Å². The first-order valence-electron chi connectivity index (χ1n) is 7.31. The van der Waals surface area contributed by atoms with E-state index in [2.05, 4.69) is 20.9 Å². The number of rotatable bonds is 4. The molecular formula is C16H16BrN3O3. The molecular weight excluding hydrogens is 362 g/mol. The molecule has 1 atom stereocenters. The molecule has 23 heavy (non-hydrogen) atoms. The molecule has 0 saturated carbocycles. The molecule has 2 heterocycles. The fraction of sp³-hybridized carbons (Fsp3) is 0.312. The van der Waals surface area contributed by atoms with Crippen molar-refractivity contribution in [3.05, 3.63) is 56.7 Å². The largest absolute Gasteiger partial charge is 0.472 e. The quantitative estimate of drug-likeness (QED) is 0.599. The lowest BCUT2D eigenvalue weighted by Crippen LogP contribution is -2.25. The van der Waals surface area contributed by atoms with Gasteiger partial charge >= 0.3 is 0 Å². The number of nitrogens with zero attached hydrogens (tertiary/aromatic N) is 3. The molecule has 1 aliphatic heterocycles. The zero-order chi connectivity index (χ0) is 16.4. The van der Waals surface area contributed by atoms with Gasteiger partial charge in [-0.25, -0.2) is 4.98 Å². The molecule has 0 bridgehead atoms. The maximum atomic E-state index is 11.3. The Kier molecular flexibility index (Phi) is 4.47. The zero-order valence-corrected chi connectivity index (χ0v) is 14.2. The van der Waals surface area contributed by atoms with Gasteiger partial charge in [0.25, 0.3) is 5.69 Å². The first-order valence-corrected chi connectivity index (χ1v) is 8.10. The number of aryl methyl sites for hydroxylation is 1. The van der Waals surface area contributed by atoms with E-state index in [1.807, 2.05) is 30.0 Å². The normalized spacial score (nSPS) is 17.3. The lowest BCUT2D eigenvalue weighted by Gasteiger charge is -2.19. The molecule has 120 valence electrons. The summed E-state index contributed by atoms with van der Waals surface area (Å²) in [6.07, 6.45) is 2.55. The van der Waals surface area contributed by atoms with Crippen molar-refractivity contribution in [1.82, 2.24) is 4.98 Å². The second-order valence-corrected chi connectivity index (χ2v) is 6.45. The minimum Gasteiger partial charge on any atom is -0.472 e. The maximum Gasteiger partial charge on any atom is 0.293 e. The van der Waals surface area contributed by atoms with Gasteiger partial charge in [0.15, 0.2) is 0 Å². The number of aromatic nitrogens is 1. The van der Waals surface area contributed by atoms with E-state index in [0.717, 1.165) is 18.5 Å². The molecule has 0 unspecified atom stereocenters. The molecule has 1 aromatic carbocycles. The van der Waals surface area contributed by atoms with Gasteiger partial charge in [-0.1, -0.05) is 22.0 Å². The fourth-order valence-electron chi connectivity index (χ4n) is 2.65. The van der Waals surface area contributed by atoms with E-state index in [-0.39, 0.29) is 16.7 Å². The zero-order valence-electron chi connectivity index (χ0n) is 12.6. The first kappa shape index (κ1) is 15.7. The molecule has 0 N–H and O–H groups in total. The summed E-state index contributed by atoms with van der Waals surface area (Å²) in [7, 11) is 0. The van der Waals surface area contributed by atoms with Gasteiger partial charge in [-0.05, 0) is 24.6 Å². The molecule has 0 spiro atoms. The average molecular weight is 378 g/mol. The summed E-state index contributed by atoms with van der Waals surface area (Å²) in [5.41, 5.74) is 1.81. The van der Waals surface area contributed by atoms with Gasteiger partial charge in [0.1, 0.15) is 11.8 Å². The Morgan fingerprint density at radius 2 is 2.22 bits per heavy atom. The number of hydrogen-bond donors (Lipinski definition) is 0. The van der Waals surface area contributed by atoms with E-state index >= 15 is 0 Å². The molecule has 2 aromatic rings. The smallest absolute Gasteiger partial charge is 0.293 e. The summed E-state index contributed by atoms with van der Waals surface area (Å²) >= 11 is 3.28. The number of ether oxygens (including phenoxy) is 1. The Labute approximate surface area is 142 Å². The van der Waals surface area contributed by atoms with E-state index in [1.54, 1.807) is 12.3 Å². The number of pyridine rings is 1. The van der Waals surface area contributed by atoms with Crippen LogP contribution in [0.2, 0.25) is 0 Å². The highest BCUT2D eigenvalue weighted by Crippen LogP contribution is 2.33. The molecule has 1 aliphatic rings. The third-order valence-electron chi connectivity index (χ3n) is 3.79. The number of hydrogen-bond acceptors (Lipinski definition) is 5. The average Bonchev–Trinajstić information content (AvgIpc) is 2.98. The Hall–Kier alpha value is -2.15. The van der Waals surface area contributed by atoms with Gasteiger partial charge in [-0.3, -0.25) is 10.1 Å². The predicted molar refractivity (Wildman–Crippen MR) is 91.0 cm³/mol. The molecule has 0 aliphatic carbocycles. The molecule has 0 amide bonds. The van der Waals surface area contributed by atoms with Crippen LogP contribution in [-0.2, 0) is 0 Å². The Morgan fingerprint density at radius 1 is 1.39 bits per heavy atom. The van der Waals surface area contributed by atoms with Crippen LogP contribution in [0.1, 0.15) is 12.0 Å². The summed E-state index contributed by atoms with van der Waals surface area (Å²) in [6.45, 7) is 3.30. The van der Waals surface area contributed by atoms with Crippen LogP contribution in [0.5, 0.6) is 5.88 Å². The Bertz CT molecular complexity index is 721. The van der Waals surface area contributed by atoms with Crippen molar-refractivity contribution in [1.29, 1.82) is 0 Å². The third kappa shape index (κ3) is 3.61. The van der Waals surface area contributed by atoms with E-state index in [1.165, 1.54) is 6.07 Å². The molecule has 1 saturated heterocycles. The summed E-state index contributed by atoms with van der Waals surface area (Å²) < 4.78 is 6.57. The first-order chi connectivity index (χ1) is 11.0. The van der Waals surface area contributed by atoms with Gasteiger partial charge in [0, 0.05) is 35.8 Å². The number of anilines is 1. The van der Waals surface area contributed by atoms with Crippen molar-refractivity contribution in [2.75, 3.05) is 18.0 Å². The van der Waals surface area contributed by atoms with Crippen LogP contribution < -0.4 is 9.64 Å². The number of benzene rings is 1. The molecule has 0 radical (unpaired) electrons. The number of halogens is 1. The van der Waals surface area contributed by atoms with E-state index in [4.69, 9.17) is 4.74 Å². The van der Waals surface area contributed by atoms with Crippen LogP contribution >= 0.6 is 15.9 Å². The van der Waals surface area contributed by atoms with Crippen molar-refractivity contribution in [2.24, 2.45) is 0 Å². The van der Waals surface area contributed by atoms with Gasteiger partial charge in [-0.2, -0.15) is 0 Å². The highest BCUT2D eigenvalue weighted by molar-refractivity contribution is 9.10. The van der Waals surface area contributed by atoms with Gasteiger partial charge in [0.2, 0.25) is 5.88 Å². The van der Waals surface area contributed by atoms with Gasteiger partial charge in [-0.15, -0.1) is 0 Å². The summed E-state index contributed by atoms with van der Waals surface area (Å²) in [6, 6.07) is 8.92. The second kappa shape index (κ2) is 6.54.